The van der Waals surface area contributed by atoms with Gasteiger partial charge in [0.05, 0.1) is 20.6 Å². The Morgan fingerprint density at radius 2 is 1.02 bits per heavy atom. The molecule has 0 atom stereocenters. The number of rotatable bonds is 6. The molecule has 0 unspecified atom stereocenters. The average molecular weight is 817 g/mol. The van der Waals surface area contributed by atoms with Crippen LogP contribution in [0.4, 0.5) is 17.6 Å². The monoisotopic (exact) mass is 817 g/mol. The fourth-order valence-corrected chi connectivity index (χ4v) is 3.31. The Morgan fingerprint density at radius 3 is 1.30 bits per heavy atom. The van der Waals surface area contributed by atoms with E-state index in [1.54, 1.807) is 24.3 Å². The summed E-state index contributed by atoms with van der Waals surface area (Å²) in [5, 5.41) is 0. The summed E-state index contributed by atoms with van der Waals surface area (Å²) in [4.78, 5) is 31.0. The van der Waals surface area contributed by atoms with E-state index in [1.165, 1.54) is 26.6 Å². The van der Waals surface area contributed by atoms with Crippen molar-refractivity contribution in [3.8, 4) is 34.0 Å². The zero-order valence-corrected chi connectivity index (χ0v) is 29.2. The topological polar surface area (TPSA) is 78.4 Å². The van der Waals surface area contributed by atoms with Gasteiger partial charge in [-0.1, -0.05) is 64.8 Å². The molecule has 1 radical (unpaired) electrons. The minimum absolute atomic E-state index is 0. The van der Waals surface area contributed by atoms with Crippen LogP contribution in [0, 0.1) is 46.2 Å². The fourth-order valence-electron chi connectivity index (χ4n) is 3.31. The van der Waals surface area contributed by atoms with Crippen LogP contribution in [-0.2, 0) is 29.7 Å². The van der Waals surface area contributed by atoms with Gasteiger partial charge in [-0.25, -0.2) is 0 Å². The van der Waals surface area contributed by atoms with Gasteiger partial charge >= 0.3 is 0 Å². The molecular weight excluding hydrogens is 781 g/mol. The van der Waals surface area contributed by atoms with Crippen molar-refractivity contribution in [1.29, 1.82) is 0 Å². The molecule has 0 saturated heterocycles. The first-order valence-corrected chi connectivity index (χ1v) is 13.8. The summed E-state index contributed by atoms with van der Waals surface area (Å²) < 4.78 is 62.2. The van der Waals surface area contributed by atoms with Gasteiger partial charge in [0.15, 0.2) is 0 Å². The molecule has 46 heavy (non-hydrogen) atoms. The standard InChI is InChI=1S/2C12H8F2NO.C11H20O2.Ir/c2*1-16-9-4-5-15-12(7-9)10-3-2-8(13)6-11(10)14;1-10(2,3)8(12)7-9(13)11(4,5)6;/h2*2,4-7H,1H3;7H2,1-6H3;/q2*-1;;. The minimum Gasteiger partial charge on any atom is -0.497 e. The van der Waals surface area contributed by atoms with Crippen LogP contribution in [0.5, 0.6) is 11.5 Å². The van der Waals surface area contributed by atoms with Gasteiger partial charge in [-0.2, -0.15) is 0 Å². The van der Waals surface area contributed by atoms with Crippen molar-refractivity contribution in [2.75, 3.05) is 14.2 Å². The second-order valence-corrected chi connectivity index (χ2v) is 11.8. The van der Waals surface area contributed by atoms with E-state index in [-0.39, 0.29) is 49.2 Å². The molecule has 2 heterocycles. The molecule has 0 bridgehead atoms. The molecule has 0 fully saturated rings. The van der Waals surface area contributed by atoms with Crippen LogP contribution >= 0.6 is 0 Å². The summed E-state index contributed by atoms with van der Waals surface area (Å²) in [5.41, 5.74) is 0.163. The molecule has 0 aliphatic rings. The van der Waals surface area contributed by atoms with Crippen molar-refractivity contribution in [3.63, 3.8) is 0 Å². The van der Waals surface area contributed by atoms with Crippen LogP contribution in [-0.4, -0.2) is 35.8 Å². The Bertz CT molecular complexity index is 1500. The van der Waals surface area contributed by atoms with Gasteiger partial charge in [0.1, 0.15) is 23.1 Å². The zero-order valence-electron chi connectivity index (χ0n) is 26.9. The number of pyridine rings is 2. The maximum absolute atomic E-state index is 13.4. The first-order valence-electron chi connectivity index (χ1n) is 13.8. The van der Waals surface area contributed by atoms with E-state index in [0.29, 0.717) is 22.9 Å². The molecule has 249 valence electrons. The van der Waals surface area contributed by atoms with Crippen LogP contribution in [0.2, 0.25) is 0 Å². The number of methoxy groups -OCH3 is 2. The van der Waals surface area contributed by atoms with Crippen LogP contribution in [0.25, 0.3) is 22.5 Å². The van der Waals surface area contributed by atoms with Crippen LogP contribution in [0.15, 0.2) is 60.9 Å². The third-order valence-electron chi connectivity index (χ3n) is 6.16. The van der Waals surface area contributed by atoms with Crippen LogP contribution in [0.1, 0.15) is 48.0 Å². The third-order valence-corrected chi connectivity index (χ3v) is 6.16. The van der Waals surface area contributed by atoms with E-state index in [4.69, 9.17) is 9.47 Å². The van der Waals surface area contributed by atoms with Crippen molar-refractivity contribution in [1.82, 2.24) is 9.97 Å². The summed E-state index contributed by atoms with van der Waals surface area (Å²) in [6.07, 6.45) is 3.04. The maximum Gasteiger partial charge on any atom is 0.145 e. The molecule has 0 spiro atoms. The number of nitrogens with zero attached hydrogens (tertiary/aromatic N) is 2. The number of carbonyl (C=O) groups excluding carboxylic acids is 2. The Balaban J connectivity index is 0.000000344. The summed E-state index contributed by atoms with van der Waals surface area (Å²) in [6.45, 7) is 11.0. The molecule has 6 nitrogen and oxygen atoms in total. The number of benzene rings is 2. The van der Waals surface area contributed by atoms with E-state index < -0.39 is 34.1 Å². The second kappa shape index (κ2) is 17.7. The summed E-state index contributed by atoms with van der Waals surface area (Å²) in [5.74, 6) is -1.56. The van der Waals surface area contributed by atoms with E-state index in [0.717, 1.165) is 24.3 Å². The first-order chi connectivity index (χ1) is 21.0. The fraction of sp³-hybridized carbons (Fsp3) is 0.314. The molecule has 0 amide bonds. The number of halogens is 4. The maximum atomic E-state index is 13.4. The minimum atomic E-state index is -0.694. The molecule has 4 aromatic rings. The van der Waals surface area contributed by atoms with E-state index in [9.17, 15) is 27.2 Å². The predicted molar refractivity (Wildman–Crippen MR) is 163 cm³/mol. The number of hydrogen-bond donors (Lipinski definition) is 0. The van der Waals surface area contributed by atoms with Crippen molar-refractivity contribution in [3.05, 3.63) is 96.3 Å². The normalized spacial score (nSPS) is 10.7. The SMILES string of the molecule is CC(C)(C)C(=O)CC(=O)C(C)(C)C.COc1ccnc(-c2[c-]cc(F)cc2F)c1.COc1ccnc(-c2[c-]cc(F)cc2F)c1.[Ir]. The van der Waals surface area contributed by atoms with Gasteiger partial charge in [0, 0.05) is 66.6 Å². The molecule has 2 aromatic heterocycles. The third kappa shape index (κ3) is 12.4. The number of hydrogen-bond acceptors (Lipinski definition) is 6. The van der Waals surface area contributed by atoms with E-state index in [2.05, 4.69) is 22.1 Å². The molecule has 11 heteroatoms. The largest absolute Gasteiger partial charge is 0.497 e. The van der Waals surface area contributed by atoms with Gasteiger partial charge in [-0.15, -0.1) is 24.3 Å². The van der Waals surface area contributed by atoms with Gasteiger partial charge in [-0.05, 0) is 35.7 Å². The Labute approximate surface area is 280 Å². The molecule has 0 saturated carbocycles. The Hall–Kier alpha value is -3.95. The number of Topliss-reactive ketones (excluding diaryl/α,β-unsaturated/α-hetero) is 2. The average Bonchev–Trinajstić information content (AvgIpc) is 2.97. The summed E-state index contributed by atoms with van der Waals surface area (Å²) >= 11 is 0. The molecule has 0 aliphatic heterocycles. The van der Waals surface area contributed by atoms with Crippen LogP contribution in [0.3, 0.4) is 0 Å². The van der Waals surface area contributed by atoms with Crippen molar-refractivity contribution in [2.24, 2.45) is 10.8 Å². The molecule has 4 rings (SSSR count). The second-order valence-electron chi connectivity index (χ2n) is 11.8. The van der Waals surface area contributed by atoms with Gasteiger partial charge < -0.3 is 19.4 Å². The summed E-state index contributed by atoms with van der Waals surface area (Å²) in [7, 11) is 3.01. The van der Waals surface area contributed by atoms with Crippen molar-refractivity contribution < 1.29 is 56.7 Å². The Morgan fingerprint density at radius 1 is 0.674 bits per heavy atom. The quantitative estimate of drug-likeness (QED) is 0.111. The Kier molecular flexibility index (Phi) is 15.4. The number of carbonyl (C=O) groups is 2. The van der Waals surface area contributed by atoms with Gasteiger partial charge in [0.25, 0.3) is 0 Å². The molecule has 2 aromatic carbocycles. The van der Waals surface area contributed by atoms with Gasteiger partial charge in [0.2, 0.25) is 0 Å². The number of ketones is 2. The molecule has 0 aliphatic carbocycles. The summed E-state index contributed by atoms with van der Waals surface area (Å²) in [6, 6.07) is 15.2. The van der Waals surface area contributed by atoms with Crippen LogP contribution < -0.4 is 9.47 Å². The van der Waals surface area contributed by atoms with E-state index >= 15 is 0 Å². The molecule has 0 N–H and O–H groups in total. The van der Waals surface area contributed by atoms with Crippen molar-refractivity contribution >= 4 is 11.6 Å². The number of ether oxygens (including phenoxy) is 2. The number of aromatic nitrogens is 2. The smallest absolute Gasteiger partial charge is 0.145 e. The van der Waals surface area contributed by atoms with Crippen molar-refractivity contribution in [2.45, 2.75) is 48.0 Å². The predicted octanol–water partition coefficient (Wildman–Crippen LogP) is 8.28. The van der Waals surface area contributed by atoms with Gasteiger partial charge in [-0.3, -0.25) is 27.2 Å². The first kappa shape index (κ1) is 40.1. The molecular formula is C35H36F4IrN2O4-2. The van der Waals surface area contributed by atoms with E-state index in [1.807, 2.05) is 41.5 Å². The zero-order chi connectivity index (χ0) is 33.9.